The molecule has 0 aliphatic heterocycles. The van der Waals surface area contributed by atoms with Gasteiger partial charge in [0.05, 0.1) is 6.61 Å². The first-order valence-corrected chi connectivity index (χ1v) is 7.56. The highest BCUT2D eigenvalue weighted by Crippen LogP contribution is 2.19. The number of aromatic nitrogens is 2. The molecule has 108 valence electrons. The number of hydrogen-bond acceptors (Lipinski definition) is 7. The summed E-state index contributed by atoms with van der Waals surface area (Å²) in [6.07, 6.45) is 1.98. The largest absolute Gasteiger partial charge is 0.395 e. The minimum Gasteiger partial charge on any atom is -0.395 e. The van der Waals surface area contributed by atoms with Gasteiger partial charge in [-0.25, -0.2) is 15.8 Å². The molecular weight excluding hydrogens is 262 g/mol. The van der Waals surface area contributed by atoms with Gasteiger partial charge in [0, 0.05) is 23.3 Å². The van der Waals surface area contributed by atoms with Crippen molar-refractivity contribution in [3.05, 3.63) is 11.9 Å². The smallest absolute Gasteiger partial charge is 0.145 e. The van der Waals surface area contributed by atoms with E-state index in [1.54, 1.807) is 17.8 Å². The molecule has 0 aliphatic carbocycles. The summed E-state index contributed by atoms with van der Waals surface area (Å²) in [6, 6.07) is 1.86. The van der Waals surface area contributed by atoms with Gasteiger partial charge < -0.3 is 15.8 Å². The third-order valence-electron chi connectivity index (χ3n) is 2.82. The molecule has 0 fully saturated rings. The first-order chi connectivity index (χ1) is 9.01. The highest BCUT2D eigenvalue weighted by atomic mass is 32.2. The summed E-state index contributed by atoms with van der Waals surface area (Å²) in [5.74, 6) is 7.67. The van der Waals surface area contributed by atoms with Crippen LogP contribution in [0.4, 0.5) is 11.6 Å². The topological polar surface area (TPSA) is 96.1 Å². The van der Waals surface area contributed by atoms with Gasteiger partial charge in [0.15, 0.2) is 0 Å². The van der Waals surface area contributed by atoms with E-state index in [0.717, 1.165) is 5.82 Å². The Morgan fingerprint density at radius 2 is 1.95 bits per heavy atom. The number of aliphatic hydroxyl groups is 1. The minimum atomic E-state index is 0.0977. The van der Waals surface area contributed by atoms with E-state index < -0.39 is 0 Å². The molecule has 1 aromatic heterocycles. The van der Waals surface area contributed by atoms with Crippen LogP contribution in [-0.4, -0.2) is 39.2 Å². The number of thioether (sulfide) groups is 1. The molecule has 0 spiro atoms. The van der Waals surface area contributed by atoms with Gasteiger partial charge in [-0.1, -0.05) is 13.8 Å². The molecule has 0 saturated carbocycles. The average Bonchev–Trinajstić information content (AvgIpc) is 2.39. The van der Waals surface area contributed by atoms with Gasteiger partial charge in [-0.3, -0.25) is 0 Å². The number of nitrogens with one attached hydrogen (secondary N) is 2. The number of anilines is 2. The van der Waals surface area contributed by atoms with Crippen LogP contribution < -0.4 is 16.6 Å². The molecule has 0 bridgehead atoms. The molecular formula is C12H23N5OS. The monoisotopic (exact) mass is 285 g/mol. The number of nitrogen functional groups attached to an aromatic ring is 1. The van der Waals surface area contributed by atoms with Crippen LogP contribution in [0, 0.1) is 0 Å². The lowest BCUT2D eigenvalue weighted by Crippen LogP contribution is -2.31. The molecule has 5 N–H and O–H groups in total. The van der Waals surface area contributed by atoms with Gasteiger partial charge in [0.1, 0.15) is 17.5 Å². The van der Waals surface area contributed by atoms with E-state index in [1.807, 2.05) is 27.0 Å². The fraction of sp³-hybridized carbons (Fsp3) is 0.667. The Kier molecular flexibility index (Phi) is 6.33. The van der Waals surface area contributed by atoms with Gasteiger partial charge in [0.2, 0.25) is 0 Å². The number of hydrogen-bond donors (Lipinski definition) is 4. The zero-order chi connectivity index (χ0) is 14.4. The Morgan fingerprint density at radius 3 is 2.42 bits per heavy atom. The van der Waals surface area contributed by atoms with E-state index in [0.29, 0.717) is 11.6 Å². The van der Waals surface area contributed by atoms with Crippen molar-refractivity contribution in [3.63, 3.8) is 0 Å². The third kappa shape index (κ3) is 4.52. The SMILES string of the molecule is CSC(CO)C(C)Nc1cc(NN)nc(C(C)C)n1. The summed E-state index contributed by atoms with van der Waals surface area (Å²) < 4.78 is 0. The van der Waals surface area contributed by atoms with Crippen molar-refractivity contribution >= 4 is 23.4 Å². The van der Waals surface area contributed by atoms with Crippen molar-refractivity contribution in [2.75, 3.05) is 23.6 Å². The number of nitrogens with zero attached hydrogens (tertiary/aromatic N) is 2. The number of nitrogens with two attached hydrogens (primary N) is 1. The lowest BCUT2D eigenvalue weighted by molar-refractivity contribution is 0.288. The van der Waals surface area contributed by atoms with Gasteiger partial charge in [-0.15, -0.1) is 0 Å². The quantitative estimate of drug-likeness (QED) is 0.444. The highest BCUT2D eigenvalue weighted by Gasteiger charge is 2.16. The molecule has 1 rings (SSSR count). The number of hydrazine groups is 1. The molecule has 0 radical (unpaired) electrons. The lowest BCUT2D eigenvalue weighted by Gasteiger charge is -2.22. The van der Waals surface area contributed by atoms with Crippen molar-refractivity contribution in [2.45, 2.75) is 38.0 Å². The summed E-state index contributed by atoms with van der Waals surface area (Å²) in [4.78, 5) is 8.77. The van der Waals surface area contributed by atoms with E-state index in [9.17, 15) is 5.11 Å². The Morgan fingerprint density at radius 1 is 1.32 bits per heavy atom. The predicted molar refractivity (Wildman–Crippen MR) is 81.4 cm³/mol. The van der Waals surface area contributed by atoms with E-state index in [-0.39, 0.29) is 23.8 Å². The molecule has 1 heterocycles. The molecule has 6 nitrogen and oxygen atoms in total. The Hall–Kier alpha value is -1.05. The molecule has 2 unspecified atom stereocenters. The average molecular weight is 285 g/mol. The second-order valence-electron chi connectivity index (χ2n) is 4.69. The number of rotatable bonds is 7. The summed E-state index contributed by atoms with van der Waals surface area (Å²) in [6.45, 7) is 6.20. The number of aliphatic hydroxyl groups excluding tert-OH is 1. The molecule has 7 heteroatoms. The van der Waals surface area contributed by atoms with Crippen LogP contribution in [0.3, 0.4) is 0 Å². The van der Waals surface area contributed by atoms with Gasteiger partial charge in [-0.05, 0) is 13.2 Å². The molecule has 19 heavy (non-hydrogen) atoms. The molecule has 0 saturated heterocycles. The predicted octanol–water partition coefficient (Wildman–Crippen LogP) is 1.41. The maximum atomic E-state index is 9.29. The van der Waals surface area contributed by atoms with Crippen LogP contribution in [0.1, 0.15) is 32.5 Å². The second kappa shape index (κ2) is 7.52. The molecule has 0 aliphatic rings. The first-order valence-electron chi connectivity index (χ1n) is 6.27. The summed E-state index contributed by atoms with van der Waals surface area (Å²) in [5, 5.41) is 12.7. The van der Waals surface area contributed by atoms with E-state index in [2.05, 4.69) is 20.7 Å². The van der Waals surface area contributed by atoms with Gasteiger partial charge in [0.25, 0.3) is 0 Å². The van der Waals surface area contributed by atoms with Crippen molar-refractivity contribution in [2.24, 2.45) is 5.84 Å². The Bertz CT molecular complexity index is 398. The fourth-order valence-corrected chi connectivity index (χ4v) is 2.26. The van der Waals surface area contributed by atoms with Crippen LogP contribution in [0.15, 0.2) is 6.07 Å². The molecule has 0 amide bonds. The highest BCUT2D eigenvalue weighted by molar-refractivity contribution is 7.99. The van der Waals surface area contributed by atoms with Gasteiger partial charge in [-0.2, -0.15) is 11.8 Å². The maximum Gasteiger partial charge on any atom is 0.145 e. The minimum absolute atomic E-state index is 0.0977. The summed E-state index contributed by atoms with van der Waals surface area (Å²) in [5.41, 5.74) is 2.55. The first kappa shape index (κ1) is 16.0. The molecule has 0 aromatic carbocycles. The van der Waals surface area contributed by atoms with Crippen LogP contribution in [0.25, 0.3) is 0 Å². The summed E-state index contributed by atoms with van der Waals surface area (Å²) in [7, 11) is 0. The second-order valence-corrected chi connectivity index (χ2v) is 5.76. The fourth-order valence-electron chi connectivity index (χ4n) is 1.63. The van der Waals surface area contributed by atoms with Gasteiger partial charge >= 0.3 is 0 Å². The van der Waals surface area contributed by atoms with Crippen molar-refractivity contribution < 1.29 is 5.11 Å². The van der Waals surface area contributed by atoms with Crippen LogP contribution in [0.5, 0.6) is 0 Å². The lowest BCUT2D eigenvalue weighted by atomic mass is 10.2. The normalized spacial score (nSPS) is 14.3. The van der Waals surface area contributed by atoms with E-state index in [4.69, 9.17) is 5.84 Å². The maximum absolute atomic E-state index is 9.29. The van der Waals surface area contributed by atoms with Crippen LogP contribution in [-0.2, 0) is 0 Å². The molecule has 2 atom stereocenters. The standard InChI is InChI=1S/C12H23N5OS/c1-7(2)12-15-10(5-11(16-12)17-13)14-8(3)9(6-18)19-4/h5,7-9,18H,6,13H2,1-4H3,(H2,14,15,16,17). The van der Waals surface area contributed by atoms with Crippen molar-refractivity contribution in [1.82, 2.24) is 9.97 Å². The zero-order valence-corrected chi connectivity index (χ0v) is 12.7. The Balaban J connectivity index is 2.90. The summed E-state index contributed by atoms with van der Waals surface area (Å²) >= 11 is 1.62. The van der Waals surface area contributed by atoms with Crippen molar-refractivity contribution in [1.29, 1.82) is 0 Å². The van der Waals surface area contributed by atoms with Crippen LogP contribution >= 0.6 is 11.8 Å². The third-order valence-corrected chi connectivity index (χ3v) is 3.99. The van der Waals surface area contributed by atoms with Crippen LogP contribution in [0.2, 0.25) is 0 Å². The Labute approximate surface area is 118 Å². The molecule has 1 aromatic rings. The van der Waals surface area contributed by atoms with Crippen molar-refractivity contribution in [3.8, 4) is 0 Å². The zero-order valence-electron chi connectivity index (χ0n) is 11.8. The van der Waals surface area contributed by atoms with E-state index in [1.165, 1.54) is 0 Å². The van der Waals surface area contributed by atoms with E-state index >= 15 is 0 Å².